The molecule has 1 fully saturated rings. The van der Waals surface area contributed by atoms with Crippen LogP contribution < -0.4 is 5.73 Å². The molecular formula is C13H19NO2S. The second kappa shape index (κ2) is 5.65. The maximum atomic E-state index is 12.3. The fourth-order valence-corrected chi connectivity index (χ4v) is 3.65. The number of rotatable bonds is 3. The number of ether oxygens (including phenoxy) is 1. The quantitative estimate of drug-likeness (QED) is 0.839. The Hall–Kier alpha value is -0.870. The van der Waals surface area contributed by atoms with Crippen LogP contribution in [-0.2, 0) is 15.5 Å². The first-order valence-electron chi connectivity index (χ1n) is 5.99. The summed E-state index contributed by atoms with van der Waals surface area (Å²) in [6, 6.07) is 5.74. The molecule has 2 rings (SSSR count). The van der Waals surface area contributed by atoms with Crippen molar-refractivity contribution in [1.29, 1.82) is 0 Å². The number of aryl methyl sites for hydroxylation is 1. The normalized spacial score (nSPS) is 19.1. The van der Waals surface area contributed by atoms with E-state index in [1.54, 1.807) is 0 Å². The zero-order chi connectivity index (χ0) is 12.3. The van der Waals surface area contributed by atoms with Gasteiger partial charge in [0.05, 0.1) is 21.4 Å². The fourth-order valence-electron chi connectivity index (χ4n) is 2.07. The summed E-state index contributed by atoms with van der Waals surface area (Å²) in [7, 11) is -0.983. The zero-order valence-corrected chi connectivity index (χ0v) is 11.0. The Morgan fingerprint density at radius 3 is 2.82 bits per heavy atom. The highest BCUT2D eigenvalue weighted by Crippen LogP contribution is 2.24. The van der Waals surface area contributed by atoms with E-state index in [1.807, 2.05) is 25.1 Å². The van der Waals surface area contributed by atoms with E-state index in [-0.39, 0.29) is 0 Å². The molecule has 3 nitrogen and oxygen atoms in total. The average Bonchev–Trinajstić information content (AvgIpc) is 2.34. The van der Waals surface area contributed by atoms with Crippen molar-refractivity contribution in [2.75, 3.05) is 24.7 Å². The molecule has 1 aliphatic rings. The Morgan fingerprint density at radius 2 is 2.12 bits per heavy atom. The largest absolute Gasteiger partial charge is 0.398 e. The zero-order valence-electron chi connectivity index (χ0n) is 10.1. The highest BCUT2D eigenvalue weighted by atomic mass is 32.2. The van der Waals surface area contributed by atoms with Gasteiger partial charge in [0.15, 0.2) is 0 Å². The number of benzene rings is 1. The van der Waals surface area contributed by atoms with Crippen LogP contribution in [0.15, 0.2) is 23.1 Å². The Kier molecular flexibility index (Phi) is 4.18. The molecule has 1 heterocycles. The molecule has 0 saturated carbocycles. The van der Waals surface area contributed by atoms with Crippen molar-refractivity contribution < 1.29 is 8.95 Å². The average molecular weight is 253 g/mol. The van der Waals surface area contributed by atoms with Gasteiger partial charge in [0.1, 0.15) is 0 Å². The lowest BCUT2D eigenvalue weighted by atomic mass is 10.0. The van der Waals surface area contributed by atoms with Crippen LogP contribution in [0.1, 0.15) is 18.4 Å². The first-order chi connectivity index (χ1) is 8.18. The fraction of sp³-hybridized carbons (Fsp3) is 0.538. The summed E-state index contributed by atoms with van der Waals surface area (Å²) >= 11 is 0. The molecule has 0 amide bonds. The smallest absolute Gasteiger partial charge is 0.0620 e. The molecule has 1 atom stereocenters. The van der Waals surface area contributed by atoms with Crippen molar-refractivity contribution in [2.45, 2.75) is 24.7 Å². The minimum absolute atomic E-state index is 0.504. The van der Waals surface area contributed by atoms with Crippen LogP contribution >= 0.6 is 0 Å². The third kappa shape index (κ3) is 3.07. The van der Waals surface area contributed by atoms with E-state index in [9.17, 15) is 4.21 Å². The Balaban J connectivity index is 2.06. The number of hydrogen-bond donors (Lipinski definition) is 1. The third-order valence-corrected chi connectivity index (χ3v) is 4.88. The van der Waals surface area contributed by atoms with Gasteiger partial charge in [-0.15, -0.1) is 0 Å². The van der Waals surface area contributed by atoms with Crippen molar-refractivity contribution in [3.63, 3.8) is 0 Å². The summed E-state index contributed by atoms with van der Waals surface area (Å²) < 4.78 is 17.6. The van der Waals surface area contributed by atoms with Gasteiger partial charge in [-0.25, -0.2) is 0 Å². The lowest BCUT2D eigenvalue weighted by molar-refractivity contribution is 0.0725. The highest BCUT2D eigenvalue weighted by Gasteiger charge is 2.18. The first-order valence-corrected chi connectivity index (χ1v) is 7.31. The molecule has 1 aliphatic heterocycles. The minimum Gasteiger partial charge on any atom is -0.398 e. The molecule has 0 radical (unpaired) electrons. The van der Waals surface area contributed by atoms with Gasteiger partial charge in [0.25, 0.3) is 0 Å². The molecule has 0 spiro atoms. The van der Waals surface area contributed by atoms with Crippen LogP contribution in [0.25, 0.3) is 0 Å². The van der Waals surface area contributed by atoms with E-state index in [2.05, 4.69) is 0 Å². The second-order valence-corrected chi connectivity index (χ2v) is 6.02. The Labute approximate surface area is 105 Å². The first kappa shape index (κ1) is 12.6. The van der Waals surface area contributed by atoms with Gasteiger partial charge in [0, 0.05) is 19.0 Å². The van der Waals surface area contributed by atoms with E-state index >= 15 is 0 Å². The summed E-state index contributed by atoms with van der Waals surface area (Å²) in [5.74, 6) is 1.21. The molecule has 1 unspecified atom stereocenters. The molecule has 4 heteroatoms. The lowest BCUT2D eigenvalue weighted by Crippen LogP contribution is -2.21. The molecule has 0 bridgehead atoms. The predicted octanol–water partition coefficient (Wildman–Crippen LogP) is 2.11. The molecule has 2 N–H and O–H groups in total. The Morgan fingerprint density at radius 1 is 1.41 bits per heavy atom. The molecular weight excluding hydrogens is 234 g/mol. The van der Waals surface area contributed by atoms with Crippen molar-refractivity contribution in [2.24, 2.45) is 5.92 Å². The molecule has 1 saturated heterocycles. The van der Waals surface area contributed by atoms with Crippen LogP contribution in [-0.4, -0.2) is 23.2 Å². The van der Waals surface area contributed by atoms with Gasteiger partial charge in [-0.3, -0.25) is 4.21 Å². The van der Waals surface area contributed by atoms with E-state index in [0.29, 0.717) is 17.4 Å². The molecule has 1 aromatic rings. The van der Waals surface area contributed by atoms with E-state index in [0.717, 1.165) is 36.5 Å². The summed E-state index contributed by atoms with van der Waals surface area (Å²) in [6.45, 7) is 3.54. The van der Waals surface area contributed by atoms with Gasteiger partial charge >= 0.3 is 0 Å². The van der Waals surface area contributed by atoms with Crippen LogP contribution in [0.2, 0.25) is 0 Å². The van der Waals surface area contributed by atoms with Gasteiger partial charge in [-0.1, -0.05) is 12.1 Å². The van der Waals surface area contributed by atoms with Crippen molar-refractivity contribution in [3.05, 3.63) is 23.8 Å². The third-order valence-electron chi connectivity index (χ3n) is 3.26. The van der Waals surface area contributed by atoms with E-state index in [1.165, 1.54) is 0 Å². The Bertz CT molecular complexity index is 414. The number of anilines is 1. The van der Waals surface area contributed by atoms with Crippen molar-refractivity contribution in [3.8, 4) is 0 Å². The van der Waals surface area contributed by atoms with Crippen molar-refractivity contribution in [1.82, 2.24) is 0 Å². The SMILES string of the molecule is Cc1cccc(S(=O)CC2CCOCC2)c1N. The number of para-hydroxylation sites is 1. The monoisotopic (exact) mass is 253 g/mol. The topological polar surface area (TPSA) is 52.3 Å². The van der Waals surface area contributed by atoms with Gasteiger partial charge in [0.2, 0.25) is 0 Å². The van der Waals surface area contributed by atoms with Gasteiger partial charge in [-0.2, -0.15) is 0 Å². The number of hydrogen-bond acceptors (Lipinski definition) is 3. The molecule has 0 aliphatic carbocycles. The van der Waals surface area contributed by atoms with Gasteiger partial charge in [-0.05, 0) is 37.3 Å². The minimum atomic E-state index is -0.983. The summed E-state index contributed by atoms with van der Waals surface area (Å²) in [5.41, 5.74) is 7.65. The highest BCUT2D eigenvalue weighted by molar-refractivity contribution is 7.85. The molecule has 94 valence electrons. The van der Waals surface area contributed by atoms with Crippen molar-refractivity contribution >= 4 is 16.5 Å². The van der Waals surface area contributed by atoms with E-state index in [4.69, 9.17) is 10.5 Å². The standard InChI is InChI=1S/C13H19NO2S/c1-10-3-2-4-12(13(10)14)17(15)9-11-5-7-16-8-6-11/h2-4,11H,5-9,14H2,1H3. The second-order valence-electron chi connectivity index (χ2n) is 4.55. The van der Waals surface area contributed by atoms with Crippen LogP contribution in [0.5, 0.6) is 0 Å². The summed E-state index contributed by atoms with van der Waals surface area (Å²) in [4.78, 5) is 0.788. The number of nitrogen functional groups attached to an aromatic ring is 1. The predicted molar refractivity (Wildman–Crippen MR) is 70.4 cm³/mol. The maximum absolute atomic E-state index is 12.3. The molecule has 0 aromatic heterocycles. The molecule has 1 aromatic carbocycles. The van der Waals surface area contributed by atoms with Crippen LogP contribution in [0, 0.1) is 12.8 Å². The molecule has 17 heavy (non-hydrogen) atoms. The van der Waals surface area contributed by atoms with Crippen LogP contribution in [0.4, 0.5) is 5.69 Å². The number of nitrogens with two attached hydrogens (primary N) is 1. The summed E-state index contributed by atoms with van der Waals surface area (Å²) in [5, 5.41) is 0. The van der Waals surface area contributed by atoms with Crippen LogP contribution in [0.3, 0.4) is 0 Å². The summed E-state index contributed by atoms with van der Waals surface area (Å²) in [6.07, 6.45) is 2.02. The van der Waals surface area contributed by atoms with E-state index < -0.39 is 10.8 Å². The maximum Gasteiger partial charge on any atom is 0.0620 e. The lowest BCUT2D eigenvalue weighted by Gasteiger charge is -2.21. The van der Waals surface area contributed by atoms with Gasteiger partial charge < -0.3 is 10.5 Å².